The first kappa shape index (κ1) is 31.2. The van der Waals surface area contributed by atoms with Gasteiger partial charge in [0.1, 0.15) is 18.1 Å². The molecule has 40 heavy (non-hydrogen) atoms. The van der Waals surface area contributed by atoms with Crippen molar-refractivity contribution in [2.24, 2.45) is 27.6 Å². The van der Waals surface area contributed by atoms with Gasteiger partial charge in [-0.1, -0.05) is 31.4 Å². The Kier molecular flexibility index (Phi) is 11.6. The fraction of sp³-hybridized carbons (Fsp3) is 0.538. The summed E-state index contributed by atoms with van der Waals surface area (Å²) in [6, 6.07) is 1.56. The minimum atomic E-state index is -1.46. The number of nitrogens with two attached hydrogens (primary N) is 1. The van der Waals surface area contributed by atoms with Crippen LogP contribution in [-0.4, -0.2) is 76.1 Å². The molecular formula is C26H34ClF3N8O2. The van der Waals surface area contributed by atoms with Gasteiger partial charge in [-0.05, 0) is 50.3 Å². The van der Waals surface area contributed by atoms with Crippen molar-refractivity contribution in [1.29, 1.82) is 0 Å². The highest BCUT2D eigenvalue weighted by atomic mass is 35.5. The van der Waals surface area contributed by atoms with Gasteiger partial charge in [0, 0.05) is 46.2 Å². The van der Waals surface area contributed by atoms with Crippen molar-refractivity contribution in [2.75, 3.05) is 31.3 Å². The Bertz CT molecular complexity index is 1200. The van der Waals surface area contributed by atoms with Crippen LogP contribution in [0.2, 0.25) is 5.02 Å². The van der Waals surface area contributed by atoms with Crippen LogP contribution in [0.4, 0.5) is 29.8 Å². The number of amidine groups is 1. The second-order valence-corrected chi connectivity index (χ2v) is 10.6. The van der Waals surface area contributed by atoms with E-state index >= 15 is 0 Å². The lowest BCUT2D eigenvalue weighted by molar-refractivity contribution is 0.108. The van der Waals surface area contributed by atoms with Gasteiger partial charge in [-0.25, -0.2) is 24.1 Å². The number of anilines is 1. The van der Waals surface area contributed by atoms with Crippen molar-refractivity contribution in [1.82, 2.24) is 19.9 Å². The van der Waals surface area contributed by atoms with E-state index in [1.165, 1.54) is 6.20 Å². The van der Waals surface area contributed by atoms with Gasteiger partial charge in [0.25, 0.3) is 0 Å². The molecule has 2 aliphatic rings. The molecule has 2 aromatic rings. The summed E-state index contributed by atoms with van der Waals surface area (Å²) in [4.78, 5) is 36.3. The highest BCUT2D eigenvalue weighted by Gasteiger charge is 2.31. The van der Waals surface area contributed by atoms with E-state index in [1.807, 2.05) is 0 Å². The number of nitrogens with zero attached hydrogens (tertiary/aromatic N) is 7. The molecule has 1 saturated carbocycles. The third kappa shape index (κ3) is 7.87. The number of carbonyl (C=O) groups is 1. The van der Waals surface area contributed by atoms with Crippen LogP contribution in [0.25, 0.3) is 11.3 Å². The summed E-state index contributed by atoms with van der Waals surface area (Å²) in [7, 11) is 0. The number of carboxylic acid groups (broad SMARTS) is 1. The molecule has 0 spiro atoms. The van der Waals surface area contributed by atoms with Crippen molar-refractivity contribution in [3.8, 4) is 11.3 Å². The average Bonchev–Trinajstić information content (AvgIpc) is 3.41. The van der Waals surface area contributed by atoms with E-state index in [0.717, 1.165) is 45.1 Å². The van der Waals surface area contributed by atoms with E-state index in [9.17, 15) is 9.18 Å². The number of alkyl halides is 1. The molecule has 1 atom stereocenters. The maximum Gasteiger partial charge on any atom is 0.433 e. The summed E-state index contributed by atoms with van der Waals surface area (Å²) >= 11 is 6.28. The number of aromatic nitrogens is 3. The molecule has 0 radical (unpaired) electrons. The number of amides is 1. The van der Waals surface area contributed by atoms with Gasteiger partial charge in [-0.15, -0.1) is 0 Å². The minimum absolute atomic E-state index is 0.0947. The number of likely N-dealkylation sites (tertiary alicyclic amines) is 1. The smallest absolute Gasteiger partial charge is 0.433 e. The first-order valence-corrected chi connectivity index (χ1v) is 13.4. The maximum absolute atomic E-state index is 13.9. The topological polar surface area (TPSA) is 133 Å². The van der Waals surface area contributed by atoms with Crippen LogP contribution in [0.5, 0.6) is 0 Å². The highest BCUT2D eigenvalue weighted by molar-refractivity contribution is 6.30. The molecule has 2 aromatic heterocycles. The Balaban J connectivity index is 0.00000216. The summed E-state index contributed by atoms with van der Waals surface area (Å²) < 4.78 is 29.9. The van der Waals surface area contributed by atoms with Crippen LogP contribution < -0.4 is 10.6 Å². The molecule has 0 bridgehead atoms. The third-order valence-corrected chi connectivity index (χ3v) is 7.61. The fourth-order valence-electron chi connectivity index (χ4n) is 5.37. The van der Waals surface area contributed by atoms with Crippen LogP contribution >= 0.6 is 11.6 Å². The fourth-order valence-corrected chi connectivity index (χ4v) is 5.55. The number of aliphatic imine (C=N–C) groups is 2. The molecule has 0 unspecified atom stereocenters. The number of hydrogen-bond acceptors (Lipinski definition) is 7. The lowest BCUT2D eigenvalue weighted by atomic mass is 9.83. The second-order valence-electron chi connectivity index (χ2n) is 10.2. The van der Waals surface area contributed by atoms with Crippen LogP contribution in [0, 0.1) is 11.8 Å². The Morgan fingerprint density at radius 2 is 1.98 bits per heavy atom. The van der Waals surface area contributed by atoms with Gasteiger partial charge in [-0.3, -0.25) is 9.88 Å². The zero-order valence-corrected chi connectivity index (χ0v) is 23.1. The molecule has 3 heterocycles. The van der Waals surface area contributed by atoms with Gasteiger partial charge in [0.05, 0.1) is 11.7 Å². The maximum atomic E-state index is 13.9. The van der Waals surface area contributed by atoms with E-state index in [2.05, 4.69) is 48.4 Å². The molecule has 218 valence electrons. The summed E-state index contributed by atoms with van der Waals surface area (Å²) in [6.45, 7) is 7.55. The van der Waals surface area contributed by atoms with Gasteiger partial charge < -0.3 is 15.7 Å². The van der Waals surface area contributed by atoms with Crippen molar-refractivity contribution < 1.29 is 23.4 Å². The average molecular weight is 583 g/mol. The lowest BCUT2D eigenvalue weighted by Crippen LogP contribution is -2.44. The first-order valence-electron chi connectivity index (χ1n) is 13.0. The molecule has 10 nitrogen and oxygen atoms in total. The molecule has 1 amide bonds. The Morgan fingerprint density at radius 3 is 2.60 bits per heavy atom. The SMILES string of the molecule is C=Nc1nc(/C(N)=N/C(=O)O)nc(-c2cncc(Cl)c2)c1N(CC1CCC(C)CC1)CN1CCC[C@H]1CF.FF. The zero-order valence-electron chi connectivity index (χ0n) is 22.3. The summed E-state index contributed by atoms with van der Waals surface area (Å²) in [5.74, 6) is 0.900. The first-order chi connectivity index (χ1) is 19.3. The summed E-state index contributed by atoms with van der Waals surface area (Å²) in [5, 5.41) is 9.52. The van der Waals surface area contributed by atoms with E-state index < -0.39 is 12.8 Å². The predicted octanol–water partition coefficient (Wildman–Crippen LogP) is 5.77. The molecule has 1 aliphatic carbocycles. The highest BCUT2D eigenvalue weighted by Crippen LogP contribution is 2.39. The summed E-state index contributed by atoms with van der Waals surface area (Å²) in [6.07, 6.45) is 7.89. The molecule has 14 heteroatoms. The number of pyridine rings is 1. The molecule has 3 N–H and O–H groups in total. The molecule has 1 saturated heterocycles. The van der Waals surface area contributed by atoms with Gasteiger partial charge in [0.15, 0.2) is 17.5 Å². The monoisotopic (exact) mass is 582 g/mol. The minimum Gasteiger partial charge on any atom is -0.463 e. The quantitative estimate of drug-likeness (QED) is 0.281. The standard InChI is InChI=1S/C26H34ClFN8O2.F2/c1-16-5-7-17(8-6-16)14-36(15-35-9-3-4-20(35)11-28)22-21(18-10-19(27)13-31-12-18)32-25(34-24(22)30-2)23(29)33-26(37)38;1-2/h10,12-13,16-17,20H,2-9,11,14-15H2,1H3,(H2,29,33)(H,37,38);/t16?,17?,20-;/m0./s1. The third-order valence-electron chi connectivity index (χ3n) is 7.40. The van der Waals surface area contributed by atoms with E-state index in [4.69, 9.17) is 31.6 Å². The Morgan fingerprint density at radius 1 is 1.25 bits per heavy atom. The van der Waals surface area contributed by atoms with Gasteiger partial charge >= 0.3 is 6.09 Å². The number of hydrogen-bond donors (Lipinski definition) is 2. The van der Waals surface area contributed by atoms with Crippen molar-refractivity contribution >= 4 is 41.8 Å². The van der Waals surface area contributed by atoms with Crippen LogP contribution in [0.15, 0.2) is 28.4 Å². The van der Waals surface area contributed by atoms with Crippen molar-refractivity contribution in [3.05, 3.63) is 29.3 Å². The number of rotatable bonds is 9. The van der Waals surface area contributed by atoms with Crippen molar-refractivity contribution in [2.45, 2.75) is 51.5 Å². The number of halogens is 4. The van der Waals surface area contributed by atoms with Gasteiger partial charge in [-0.2, -0.15) is 4.99 Å². The largest absolute Gasteiger partial charge is 0.463 e. The zero-order chi connectivity index (χ0) is 29.2. The summed E-state index contributed by atoms with van der Waals surface area (Å²) in [5.41, 5.74) is 7.53. The molecular weight excluding hydrogens is 549 g/mol. The Labute approximate surface area is 236 Å². The van der Waals surface area contributed by atoms with Crippen LogP contribution in [-0.2, 0) is 0 Å². The molecule has 4 rings (SSSR count). The van der Waals surface area contributed by atoms with E-state index in [-0.39, 0.29) is 23.5 Å². The van der Waals surface area contributed by atoms with Crippen LogP contribution in [0.3, 0.4) is 0 Å². The molecule has 1 aliphatic heterocycles. The van der Waals surface area contributed by atoms with E-state index in [1.54, 1.807) is 12.3 Å². The lowest BCUT2D eigenvalue weighted by Gasteiger charge is -2.37. The van der Waals surface area contributed by atoms with Crippen molar-refractivity contribution in [3.63, 3.8) is 0 Å². The molecule has 2 fully saturated rings. The van der Waals surface area contributed by atoms with E-state index in [0.29, 0.717) is 47.0 Å². The van der Waals surface area contributed by atoms with Gasteiger partial charge in [0.2, 0.25) is 0 Å². The second kappa shape index (κ2) is 14.9. The predicted molar refractivity (Wildman–Crippen MR) is 149 cm³/mol. The molecule has 0 aromatic carbocycles. The Hall–Kier alpha value is -3.32. The van der Waals surface area contributed by atoms with Crippen LogP contribution in [0.1, 0.15) is 51.3 Å². The normalized spacial score (nSPS) is 21.4.